The van der Waals surface area contributed by atoms with Crippen molar-refractivity contribution in [3.05, 3.63) is 70.7 Å². The third-order valence-electron chi connectivity index (χ3n) is 7.28. The van der Waals surface area contributed by atoms with E-state index in [0.29, 0.717) is 49.1 Å². The van der Waals surface area contributed by atoms with Gasteiger partial charge in [0.25, 0.3) is 11.8 Å². The zero-order chi connectivity index (χ0) is 24.5. The monoisotopic (exact) mass is 480 g/mol. The Morgan fingerprint density at radius 1 is 1.11 bits per heavy atom. The van der Waals surface area contributed by atoms with Gasteiger partial charge in [-0.3, -0.25) is 19.7 Å². The Hall–Kier alpha value is -3.27. The molecule has 1 aromatic heterocycles. The maximum absolute atomic E-state index is 14.2. The molecule has 1 fully saturated rings. The second-order valence-electron chi connectivity index (χ2n) is 9.26. The molecule has 2 aromatic carbocycles. The van der Waals surface area contributed by atoms with Crippen LogP contribution in [0, 0.1) is 5.82 Å². The third kappa shape index (κ3) is 4.42. The van der Waals surface area contributed by atoms with E-state index in [4.69, 9.17) is 5.21 Å². The highest BCUT2D eigenvalue weighted by Gasteiger charge is 2.32. The largest absolute Gasteiger partial charge is 0.395 e. The fraction of sp³-hybridized carbons (Fsp3) is 0.385. The summed E-state index contributed by atoms with van der Waals surface area (Å²) in [5.74, 6) is -1.05. The lowest BCUT2D eigenvalue weighted by atomic mass is 10.0. The van der Waals surface area contributed by atoms with Gasteiger partial charge >= 0.3 is 0 Å². The minimum Gasteiger partial charge on any atom is -0.395 e. The molecular weight excluding hydrogens is 451 g/mol. The van der Waals surface area contributed by atoms with E-state index in [1.807, 2.05) is 4.90 Å². The lowest BCUT2D eigenvalue weighted by Crippen LogP contribution is -2.44. The van der Waals surface area contributed by atoms with Crippen molar-refractivity contribution >= 4 is 22.7 Å². The van der Waals surface area contributed by atoms with Gasteiger partial charge in [0, 0.05) is 60.8 Å². The summed E-state index contributed by atoms with van der Waals surface area (Å²) in [5, 5.41) is 19.0. The molecule has 9 heteroatoms. The molecule has 0 spiro atoms. The van der Waals surface area contributed by atoms with Crippen molar-refractivity contribution in [1.82, 2.24) is 19.8 Å². The number of hydroxylamine groups is 1. The van der Waals surface area contributed by atoms with E-state index in [0.717, 1.165) is 36.2 Å². The molecule has 2 aliphatic heterocycles. The number of halogens is 1. The Kier molecular flexibility index (Phi) is 6.55. The number of rotatable bonds is 7. The molecule has 1 atom stereocenters. The minimum absolute atomic E-state index is 0.0877. The highest BCUT2D eigenvalue weighted by atomic mass is 19.1. The van der Waals surface area contributed by atoms with Crippen LogP contribution in [0.1, 0.15) is 44.8 Å². The first-order valence-electron chi connectivity index (χ1n) is 12.0. The molecular formula is C26H29FN4O4. The zero-order valence-corrected chi connectivity index (χ0v) is 19.4. The van der Waals surface area contributed by atoms with Crippen molar-refractivity contribution in [1.29, 1.82) is 0 Å². The number of hydrogen-bond donors (Lipinski definition) is 3. The highest BCUT2D eigenvalue weighted by molar-refractivity contribution is 6.09. The molecule has 8 nitrogen and oxygen atoms in total. The number of likely N-dealkylation sites (tertiary alicyclic amines) is 1. The summed E-state index contributed by atoms with van der Waals surface area (Å²) in [4.78, 5) is 29.3. The summed E-state index contributed by atoms with van der Waals surface area (Å²) in [7, 11) is 0. The Morgan fingerprint density at radius 3 is 2.66 bits per heavy atom. The summed E-state index contributed by atoms with van der Waals surface area (Å²) in [6.07, 6.45) is 2.69. The minimum atomic E-state index is -0.583. The van der Waals surface area contributed by atoms with Gasteiger partial charge in [-0.15, -0.1) is 0 Å². The maximum atomic E-state index is 14.2. The van der Waals surface area contributed by atoms with Gasteiger partial charge in [-0.2, -0.15) is 0 Å². The van der Waals surface area contributed by atoms with Gasteiger partial charge in [-0.05, 0) is 55.3 Å². The van der Waals surface area contributed by atoms with E-state index in [9.17, 15) is 19.1 Å². The van der Waals surface area contributed by atoms with Crippen LogP contribution < -0.4 is 5.48 Å². The van der Waals surface area contributed by atoms with Crippen LogP contribution in [-0.2, 0) is 13.0 Å². The van der Waals surface area contributed by atoms with E-state index in [2.05, 4.69) is 9.47 Å². The molecule has 3 N–H and O–H groups in total. The van der Waals surface area contributed by atoms with Crippen LogP contribution in [0.5, 0.6) is 0 Å². The van der Waals surface area contributed by atoms with Crippen molar-refractivity contribution in [2.75, 3.05) is 32.8 Å². The quantitative estimate of drug-likeness (QED) is 0.356. The lowest BCUT2D eigenvalue weighted by molar-refractivity contribution is 0.0698. The number of carbonyl (C=O) groups excluding carboxylic acids is 2. The number of carbonyl (C=O) groups is 2. The van der Waals surface area contributed by atoms with Crippen molar-refractivity contribution in [2.45, 2.75) is 31.8 Å². The molecule has 0 bridgehead atoms. The van der Waals surface area contributed by atoms with Gasteiger partial charge < -0.3 is 14.6 Å². The fourth-order valence-electron chi connectivity index (χ4n) is 5.43. The highest BCUT2D eigenvalue weighted by Crippen LogP contribution is 2.32. The molecule has 5 rings (SSSR count). The molecule has 184 valence electrons. The number of fused-ring (bicyclic) bond motifs is 3. The average molecular weight is 481 g/mol. The van der Waals surface area contributed by atoms with Crippen LogP contribution in [0.2, 0.25) is 0 Å². The summed E-state index contributed by atoms with van der Waals surface area (Å²) in [6, 6.07) is 11.6. The van der Waals surface area contributed by atoms with Crippen LogP contribution in [-0.4, -0.2) is 75.3 Å². The average Bonchev–Trinajstić information content (AvgIpc) is 3.46. The molecule has 1 unspecified atom stereocenters. The van der Waals surface area contributed by atoms with Crippen molar-refractivity contribution in [3.8, 4) is 0 Å². The van der Waals surface area contributed by atoms with Crippen LogP contribution >= 0.6 is 0 Å². The van der Waals surface area contributed by atoms with Gasteiger partial charge in [-0.25, -0.2) is 9.87 Å². The van der Waals surface area contributed by atoms with Crippen LogP contribution in [0.3, 0.4) is 0 Å². The lowest BCUT2D eigenvalue weighted by Gasteiger charge is -2.31. The second kappa shape index (κ2) is 9.77. The number of hydrogen-bond acceptors (Lipinski definition) is 5. The number of benzene rings is 2. The molecule has 35 heavy (non-hydrogen) atoms. The second-order valence-corrected chi connectivity index (χ2v) is 9.26. The van der Waals surface area contributed by atoms with E-state index in [-0.39, 0.29) is 24.4 Å². The third-order valence-corrected chi connectivity index (χ3v) is 7.28. The van der Waals surface area contributed by atoms with E-state index >= 15 is 0 Å². The van der Waals surface area contributed by atoms with Crippen molar-refractivity contribution in [2.24, 2.45) is 0 Å². The molecule has 2 amide bonds. The molecule has 0 saturated carbocycles. The Labute approximate surface area is 202 Å². The number of nitrogens with one attached hydrogen (secondary N) is 1. The number of amides is 2. The van der Waals surface area contributed by atoms with E-state index < -0.39 is 5.91 Å². The molecule has 3 heterocycles. The van der Waals surface area contributed by atoms with E-state index in [1.165, 1.54) is 12.1 Å². The predicted octanol–water partition coefficient (Wildman–Crippen LogP) is 2.40. The molecule has 0 aliphatic carbocycles. The topological polar surface area (TPSA) is 98.0 Å². The van der Waals surface area contributed by atoms with Gasteiger partial charge in [-0.1, -0.05) is 12.1 Å². The normalized spacial score (nSPS) is 18.3. The smallest absolute Gasteiger partial charge is 0.274 e. The summed E-state index contributed by atoms with van der Waals surface area (Å²) >= 11 is 0. The maximum Gasteiger partial charge on any atom is 0.274 e. The van der Waals surface area contributed by atoms with Gasteiger partial charge in [0.1, 0.15) is 5.82 Å². The molecule has 0 radical (unpaired) electrons. The molecule has 1 saturated heterocycles. The zero-order valence-electron chi connectivity index (χ0n) is 19.4. The summed E-state index contributed by atoms with van der Waals surface area (Å²) in [6.45, 7) is 3.41. The number of aromatic nitrogens is 1. The number of aliphatic hydroxyl groups excluding tert-OH is 1. The summed E-state index contributed by atoms with van der Waals surface area (Å²) < 4.78 is 16.3. The standard InChI is InChI=1S/C26H29FN4O4/c27-19-7-8-22-21(14-19)24-23(31(22)15-17-3-5-18(6-4-17)25(33)28-35)9-11-30(26(24)34)13-12-29-10-1-2-20(29)16-32/h3-8,14,20,32,35H,1-2,9-13,15-16H2,(H,28,33). The fourth-order valence-corrected chi connectivity index (χ4v) is 5.43. The van der Waals surface area contributed by atoms with E-state index in [1.54, 1.807) is 35.8 Å². The molecule has 2 aliphatic rings. The SMILES string of the molecule is O=C(NO)c1ccc(Cn2c3c(c4cc(F)ccc42)C(=O)N(CCN2CCCC2CO)CC3)cc1. The Morgan fingerprint density at radius 2 is 1.91 bits per heavy atom. The molecule has 3 aromatic rings. The van der Waals surface area contributed by atoms with Crippen LogP contribution in [0.25, 0.3) is 10.9 Å². The van der Waals surface area contributed by atoms with Crippen molar-refractivity contribution < 1.29 is 24.3 Å². The number of nitrogens with zero attached hydrogens (tertiary/aromatic N) is 3. The van der Waals surface area contributed by atoms with Gasteiger partial charge in [0.05, 0.1) is 12.2 Å². The first-order chi connectivity index (χ1) is 17.0. The first-order valence-corrected chi connectivity index (χ1v) is 12.0. The first kappa shape index (κ1) is 23.5. The Bertz CT molecular complexity index is 1260. The summed E-state index contributed by atoms with van der Waals surface area (Å²) in [5.41, 5.74) is 5.12. The van der Waals surface area contributed by atoms with Crippen LogP contribution in [0.4, 0.5) is 4.39 Å². The van der Waals surface area contributed by atoms with Gasteiger partial charge in [0.15, 0.2) is 0 Å². The Balaban J connectivity index is 1.43. The van der Waals surface area contributed by atoms with Crippen LogP contribution in [0.15, 0.2) is 42.5 Å². The van der Waals surface area contributed by atoms with Gasteiger partial charge in [0.2, 0.25) is 0 Å². The number of aliphatic hydroxyl groups is 1. The predicted molar refractivity (Wildman–Crippen MR) is 128 cm³/mol. The van der Waals surface area contributed by atoms with Crippen molar-refractivity contribution in [3.63, 3.8) is 0 Å².